The Morgan fingerprint density at radius 2 is 1.96 bits per heavy atom. The first kappa shape index (κ1) is 16.0. The van der Waals surface area contributed by atoms with Gasteiger partial charge in [-0.25, -0.2) is 0 Å². The van der Waals surface area contributed by atoms with E-state index in [1.54, 1.807) is 0 Å². The fourth-order valence-corrected chi connectivity index (χ4v) is 4.59. The van der Waals surface area contributed by atoms with Crippen LogP contribution in [0.5, 0.6) is 0 Å². The van der Waals surface area contributed by atoms with Crippen LogP contribution < -0.4 is 0 Å². The topological polar surface area (TPSA) is 56.7 Å². The molecule has 130 valence electrons. The van der Waals surface area contributed by atoms with Crippen LogP contribution in [0.4, 0.5) is 0 Å². The summed E-state index contributed by atoms with van der Waals surface area (Å²) in [5, 5.41) is 9.54. The van der Waals surface area contributed by atoms with E-state index in [0.29, 0.717) is 17.9 Å². The maximum absolute atomic E-state index is 11.6. The molecule has 4 rings (SSSR count). The van der Waals surface area contributed by atoms with Crippen LogP contribution in [0.3, 0.4) is 0 Å². The maximum Gasteiger partial charge on any atom is 0.308 e. The van der Waals surface area contributed by atoms with Crippen molar-refractivity contribution in [3.05, 3.63) is 30.1 Å². The molecule has 0 spiro atoms. The number of hydrogen-bond acceptors (Lipinski definition) is 4. The zero-order chi connectivity index (χ0) is 16.5. The van der Waals surface area contributed by atoms with Gasteiger partial charge in [-0.15, -0.1) is 0 Å². The second kappa shape index (κ2) is 6.81. The number of carbonyl (C=O) groups is 1. The van der Waals surface area contributed by atoms with Crippen LogP contribution in [-0.2, 0) is 11.3 Å². The normalized spacial score (nSPS) is 29.8. The number of carboxylic acids is 1. The fourth-order valence-electron chi connectivity index (χ4n) is 4.59. The summed E-state index contributed by atoms with van der Waals surface area (Å²) in [4.78, 5) is 21.0. The lowest BCUT2D eigenvalue weighted by atomic mass is 9.92. The molecule has 1 saturated carbocycles. The van der Waals surface area contributed by atoms with Crippen molar-refractivity contribution in [1.29, 1.82) is 0 Å². The number of rotatable bonds is 5. The zero-order valence-corrected chi connectivity index (χ0v) is 14.2. The van der Waals surface area contributed by atoms with Crippen molar-refractivity contribution in [2.24, 2.45) is 17.8 Å². The lowest BCUT2D eigenvalue weighted by Crippen LogP contribution is -2.44. The Bertz CT molecular complexity index is 567. The SMILES string of the molecule is O=C(O)[C@@H]1CN(C2CCN(Cc3ccccn3)CC2)C[C@H]1C1CC1. The van der Waals surface area contributed by atoms with Gasteiger partial charge in [0.25, 0.3) is 0 Å². The number of hydrogen-bond donors (Lipinski definition) is 1. The largest absolute Gasteiger partial charge is 0.481 e. The second-order valence-electron chi connectivity index (χ2n) is 7.73. The van der Waals surface area contributed by atoms with Gasteiger partial charge in [-0.05, 0) is 49.7 Å². The van der Waals surface area contributed by atoms with Crippen molar-refractivity contribution in [3.8, 4) is 0 Å². The molecular weight excluding hydrogens is 302 g/mol. The predicted octanol–water partition coefficient (Wildman–Crippen LogP) is 2.09. The molecule has 0 amide bonds. The number of aliphatic carboxylic acids is 1. The van der Waals surface area contributed by atoms with E-state index in [0.717, 1.165) is 51.3 Å². The van der Waals surface area contributed by atoms with E-state index in [2.05, 4.69) is 20.9 Å². The molecule has 3 heterocycles. The minimum Gasteiger partial charge on any atom is -0.481 e. The quantitative estimate of drug-likeness (QED) is 0.896. The smallest absolute Gasteiger partial charge is 0.308 e. The van der Waals surface area contributed by atoms with E-state index in [9.17, 15) is 9.90 Å². The molecule has 1 N–H and O–H groups in total. The number of piperidine rings is 1. The number of carboxylic acid groups (broad SMARTS) is 1. The molecule has 2 aliphatic heterocycles. The van der Waals surface area contributed by atoms with Crippen molar-refractivity contribution in [3.63, 3.8) is 0 Å². The van der Waals surface area contributed by atoms with Crippen LogP contribution in [0.1, 0.15) is 31.4 Å². The highest BCUT2D eigenvalue weighted by Crippen LogP contribution is 2.45. The monoisotopic (exact) mass is 329 g/mol. The first-order chi connectivity index (χ1) is 11.7. The summed E-state index contributed by atoms with van der Waals surface area (Å²) in [6.07, 6.45) is 6.64. The van der Waals surface area contributed by atoms with E-state index in [4.69, 9.17) is 0 Å². The van der Waals surface area contributed by atoms with E-state index in [-0.39, 0.29) is 5.92 Å². The number of nitrogens with zero attached hydrogens (tertiary/aromatic N) is 3. The van der Waals surface area contributed by atoms with Crippen molar-refractivity contribution >= 4 is 5.97 Å². The zero-order valence-electron chi connectivity index (χ0n) is 14.2. The third kappa shape index (κ3) is 3.47. The molecule has 0 unspecified atom stereocenters. The third-order valence-electron chi connectivity index (χ3n) is 6.12. The highest BCUT2D eigenvalue weighted by Gasteiger charge is 2.47. The Morgan fingerprint density at radius 1 is 1.17 bits per heavy atom. The first-order valence-corrected chi connectivity index (χ1v) is 9.30. The number of likely N-dealkylation sites (tertiary alicyclic amines) is 2. The van der Waals surface area contributed by atoms with Gasteiger partial charge in [0.15, 0.2) is 0 Å². The lowest BCUT2D eigenvalue weighted by molar-refractivity contribution is -0.142. The van der Waals surface area contributed by atoms with Crippen molar-refractivity contribution in [1.82, 2.24) is 14.8 Å². The van der Waals surface area contributed by atoms with E-state index in [1.807, 2.05) is 18.3 Å². The Hall–Kier alpha value is -1.46. The fraction of sp³-hybridized carbons (Fsp3) is 0.684. The number of pyridine rings is 1. The molecule has 1 aliphatic carbocycles. The molecule has 1 aromatic rings. The van der Waals surface area contributed by atoms with Gasteiger partial charge in [0.1, 0.15) is 0 Å². The molecule has 24 heavy (non-hydrogen) atoms. The molecule has 2 atom stereocenters. The summed E-state index contributed by atoms with van der Waals surface area (Å²) >= 11 is 0. The highest BCUT2D eigenvalue weighted by molar-refractivity contribution is 5.71. The highest BCUT2D eigenvalue weighted by atomic mass is 16.4. The first-order valence-electron chi connectivity index (χ1n) is 9.30. The van der Waals surface area contributed by atoms with Gasteiger partial charge in [0, 0.05) is 45.0 Å². The summed E-state index contributed by atoms with van der Waals surface area (Å²) in [6, 6.07) is 6.65. The molecule has 3 aliphatic rings. The molecule has 3 fully saturated rings. The van der Waals surface area contributed by atoms with Crippen LogP contribution in [-0.4, -0.2) is 58.1 Å². The van der Waals surface area contributed by atoms with Gasteiger partial charge in [0.05, 0.1) is 11.6 Å². The summed E-state index contributed by atoms with van der Waals surface area (Å²) in [6.45, 7) is 4.87. The standard InChI is InChI=1S/C19H27N3O2/c23-19(24)18-13-22(12-17(18)14-4-5-14)16-6-9-21(10-7-16)11-15-3-1-2-8-20-15/h1-3,8,14,16-18H,4-7,9-13H2,(H,23,24)/t17-,18+/m0/s1. The minimum absolute atomic E-state index is 0.135. The average molecular weight is 329 g/mol. The van der Waals surface area contributed by atoms with Crippen molar-refractivity contribution in [2.75, 3.05) is 26.2 Å². The van der Waals surface area contributed by atoms with Gasteiger partial charge in [0.2, 0.25) is 0 Å². The van der Waals surface area contributed by atoms with Crippen molar-refractivity contribution in [2.45, 2.75) is 38.3 Å². The molecule has 2 saturated heterocycles. The minimum atomic E-state index is -0.581. The predicted molar refractivity (Wildman–Crippen MR) is 91.4 cm³/mol. The van der Waals surface area contributed by atoms with Crippen LogP contribution in [0.2, 0.25) is 0 Å². The summed E-state index contributed by atoms with van der Waals surface area (Å²) in [5.74, 6) is 0.362. The third-order valence-corrected chi connectivity index (χ3v) is 6.12. The molecule has 1 aromatic heterocycles. The van der Waals surface area contributed by atoms with E-state index >= 15 is 0 Å². The summed E-state index contributed by atoms with van der Waals surface area (Å²) in [5.41, 5.74) is 1.14. The Balaban J connectivity index is 1.30. The van der Waals surface area contributed by atoms with Gasteiger partial charge in [-0.1, -0.05) is 6.07 Å². The Morgan fingerprint density at radius 3 is 2.58 bits per heavy atom. The van der Waals surface area contributed by atoms with Crippen LogP contribution in [0.25, 0.3) is 0 Å². The van der Waals surface area contributed by atoms with E-state index in [1.165, 1.54) is 12.8 Å². The number of aromatic nitrogens is 1. The second-order valence-corrected chi connectivity index (χ2v) is 7.73. The van der Waals surface area contributed by atoms with Gasteiger partial charge in [-0.2, -0.15) is 0 Å². The van der Waals surface area contributed by atoms with Crippen molar-refractivity contribution < 1.29 is 9.90 Å². The molecule has 0 radical (unpaired) electrons. The average Bonchev–Trinajstić information content (AvgIpc) is 3.35. The van der Waals surface area contributed by atoms with Gasteiger partial charge in [-0.3, -0.25) is 19.6 Å². The Kier molecular flexibility index (Phi) is 4.55. The molecule has 0 bridgehead atoms. The lowest BCUT2D eigenvalue weighted by Gasteiger charge is -2.36. The van der Waals surface area contributed by atoms with E-state index < -0.39 is 5.97 Å². The molecule has 5 nitrogen and oxygen atoms in total. The summed E-state index contributed by atoms with van der Waals surface area (Å²) in [7, 11) is 0. The molecule has 5 heteroatoms. The van der Waals surface area contributed by atoms with Gasteiger partial charge < -0.3 is 5.11 Å². The Labute approximate surface area is 143 Å². The van der Waals surface area contributed by atoms with Crippen LogP contribution in [0.15, 0.2) is 24.4 Å². The van der Waals surface area contributed by atoms with Crippen LogP contribution >= 0.6 is 0 Å². The maximum atomic E-state index is 11.6. The molecule has 0 aromatic carbocycles. The van der Waals surface area contributed by atoms with Gasteiger partial charge >= 0.3 is 5.97 Å². The summed E-state index contributed by atoms with van der Waals surface area (Å²) < 4.78 is 0. The van der Waals surface area contributed by atoms with Crippen LogP contribution in [0, 0.1) is 17.8 Å². The molecular formula is C19H27N3O2.